The molecule has 3 N–H and O–H groups in total. The summed E-state index contributed by atoms with van der Waals surface area (Å²) >= 11 is 0. The lowest BCUT2D eigenvalue weighted by Gasteiger charge is -2.38. The number of carbonyl (C=O) groups is 1. The number of piperazine rings is 1. The Balaban J connectivity index is 2.67. The molecule has 1 heterocycles. The Labute approximate surface area is 107 Å². The van der Waals surface area contributed by atoms with Crippen LogP contribution in [0.5, 0.6) is 0 Å². The maximum atomic E-state index is 11.9. The molecule has 7 heteroatoms. The van der Waals surface area contributed by atoms with Gasteiger partial charge in [-0.2, -0.15) is 0 Å². The smallest absolute Gasteiger partial charge is 0.410 e. The Bertz CT molecular complexity index is 338. The highest BCUT2D eigenvalue weighted by atomic mass is 16.6. The molecule has 0 aromatic rings. The molecule has 0 saturated carbocycles. The zero-order chi connectivity index (χ0) is 13.9. The van der Waals surface area contributed by atoms with Crippen LogP contribution in [0.3, 0.4) is 0 Å². The number of ether oxygens (including phenoxy) is 1. The Morgan fingerprint density at radius 3 is 2.56 bits per heavy atom. The molecule has 104 valence electrons. The first-order valence-corrected chi connectivity index (χ1v) is 5.90. The first-order chi connectivity index (χ1) is 8.24. The Hall–Kier alpha value is -1.50. The van der Waals surface area contributed by atoms with E-state index in [2.05, 4.69) is 5.16 Å². The Morgan fingerprint density at radius 1 is 1.44 bits per heavy atom. The van der Waals surface area contributed by atoms with E-state index in [1.165, 1.54) is 0 Å². The van der Waals surface area contributed by atoms with Crippen molar-refractivity contribution in [3.05, 3.63) is 0 Å². The minimum Gasteiger partial charge on any atom is -0.444 e. The summed E-state index contributed by atoms with van der Waals surface area (Å²) in [6.45, 7) is 7.05. The summed E-state index contributed by atoms with van der Waals surface area (Å²) in [5, 5.41) is 11.7. The fourth-order valence-electron chi connectivity index (χ4n) is 1.75. The van der Waals surface area contributed by atoms with Crippen LogP contribution >= 0.6 is 0 Å². The van der Waals surface area contributed by atoms with Gasteiger partial charge in [0.2, 0.25) is 0 Å². The van der Waals surface area contributed by atoms with E-state index in [0.29, 0.717) is 19.6 Å². The van der Waals surface area contributed by atoms with Crippen LogP contribution in [-0.4, -0.2) is 65.3 Å². The summed E-state index contributed by atoms with van der Waals surface area (Å²) in [5.41, 5.74) is 5.09. The molecule has 1 amide bonds. The van der Waals surface area contributed by atoms with Crippen LogP contribution in [0.15, 0.2) is 5.16 Å². The van der Waals surface area contributed by atoms with Gasteiger partial charge < -0.3 is 20.6 Å². The normalized spacial score (nSPS) is 23.0. The van der Waals surface area contributed by atoms with Crippen LogP contribution in [-0.2, 0) is 4.74 Å². The van der Waals surface area contributed by atoms with E-state index in [0.717, 1.165) is 0 Å². The molecule has 18 heavy (non-hydrogen) atoms. The van der Waals surface area contributed by atoms with Crippen LogP contribution in [0.4, 0.5) is 4.79 Å². The van der Waals surface area contributed by atoms with Crippen LogP contribution in [0.1, 0.15) is 20.8 Å². The second-order valence-electron chi connectivity index (χ2n) is 5.45. The van der Waals surface area contributed by atoms with Gasteiger partial charge in [-0.3, -0.25) is 4.90 Å². The van der Waals surface area contributed by atoms with E-state index < -0.39 is 5.60 Å². The van der Waals surface area contributed by atoms with Gasteiger partial charge in [0, 0.05) is 19.6 Å². The van der Waals surface area contributed by atoms with Crippen molar-refractivity contribution in [3.63, 3.8) is 0 Å². The van der Waals surface area contributed by atoms with Crippen LogP contribution in [0, 0.1) is 0 Å². The highest BCUT2D eigenvalue weighted by Crippen LogP contribution is 2.14. The first-order valence-electron chi connectivity index (χ1n) is 5.90. The summed E-state index contributed by atoms with van der Waals surface area (Å²) in [5.74, 6) is 0.103. The molecule has 0 radical (unpaired) electrons. The molecule has 7 nitrogen and oxygen atoms in total. The molecular formula is C11H22N4O3. The zero-order valence-electron chi connectivity index (χ0n) is 11.4. The second-order valence-corrected chi connectivity index (χ2v) is 5.45. The molecule has 0 aromatic heterocycles. The number of rotatable bonds is 1. The van der Waals surface area contributed by atoms with Crippen molar-refractivity contribution < 1.29 is 14.7 Å². The molecule has 1 aliphatic rings. The van der Waals surface area contributed by atoms with Crippen molar-refractivity contribution in [1.82, 2.24) is 9.80 Å². The van der Waals surface area contributed by atoms with Crippen LogP contribution in [0.25, 0.3) is 0 Å². The molecule has 0 bridgehead atoms. The van der Waals surface area contributed by atoms with Crippen LogP contribution < -0.4 is 5.73 Å². The summed E-state index contributed by atoms with van der Waals surface area (Å²) < 4.78 is 5.30. The van der Waals surface area contributed by atoms with Gasteiger partial charge >= 0.3 is 6.09 Å². The van der Waals surface area contributed by atoms with Crippen molar-refractivity contribution in [1.29, 1.82) is 0 Å². The largest absolute Gasteiger partial charge is 0.444 e. The Morgan fingerprint density at radius 2 is 2.06 bits per heavy atom. The maximum absolute atomic E-state index is 11.9. The monoisotopic (exact) mass is 258 g/mol. The molecule has 1 unspecified atom stereocenters. The van der Waals surface area contributed by atoms with Gasteiger partial charge in [-0.1, -0.05) is 5.16 Å². The average molecular weight is 258 g/mol. The predicted molar refractivity (Wildman–Crippen MR) is 67.6 cm³/mol. The maximum Gasteiger partial charge on any atom is 0.410 e. The van der Waals surface area contributed by atoms with Crippen molar-refractivity contribution in [2.24, 2.45) is 10.9 Å². The summed E-state index contributed by atoms with van der Waals surface area (Å²) in [4.78, 5) is 15.4. The number of hydrogen-bond acceptors (Lipinski definition) is 5. The summed E-state index contributed by atoms with van der Waals surface area (Å²) in [6, 6.07) is -0.281. The molecule has 0 spiro atoms. The first kappa shape index (κ1) is 14.6. The van der Waals surface area contributed by atoms with E-state index in [9.17, 15) is 4.79 Å². The van der Waals surface area contributed by atoms with E-state index in [1.807, 2.05) is 32.7 Å². The summed E-state index contributed by atoms with van der Waals surface area (Å²) in [6.07, 6.45) is -0.369. The molecule has 1 fully saturated rings. The van der Waals surface area contributed by atoms with Crippen molar-refractivity contribution >= 4 is 11.9 Å². The number of carbonyl (C=O) groups excluding carboxylic acids is 1. The fourth-order valence-corrected chi connectivity index (χ4v) is 1.75. The minimum absolute atomic E-state index is 0.103. The van der Waals surface area contributed by atoms with E-state index in [-0.39, 0.29) is 18.0 Å². The molecule has 0 aromatic carbocycles. The third kappa shape index (κ3) is 3.76. The number of amides is 1. The van der Waals surface area contributed by atoms with Crippen molar-refractivity contribution in [2.45, 2.75) is 32.4 Å². The van der Waals surface area contributed by atoms with Gasteiger partial charge in [0.15, 0.2) is 5.84 Å². The topological polar surface area (TPSA) is 91.4 Å². The number of nitrogens with two attached hydrogens (primary N) is 1. The zero-order valence-corrected chi connectivity index (χ0v) is 11.4. The van der Waals surface area contributed by atoms with E-state index >= 15 is 0 Å². The lowest BCUT2D eigenvalue weighted by Crippen LogP contribution is -2.58. The van der Waals surface area contributed by atoms with E-state index in [1.54, 1.807) is 4.90 Å². The van der Waals surface area contributed by atoms with Gasteiger partial charge in [-0.25, -0.2) is 4.79 Å². The predicted octanol–water partition coefficient (Wildman–Crippen LogP) is 0.284. The quantitative estimate of drug-likeness (QED) is 0.305. The lowest BCUT2D eigenvalue weighted by molar-refractivity contribution is 0.0127. The fraction of sp³-hybridized carbons (Fsp3) is 0.818. The van der Waals surface area contributed by atoms with Gasteiger partial charge in [0.05, 0.1) is 6.04 Å². The van der Waals surface area contributed by atoms with Crippen molar-refractivity contribution in [2.75, 3.05) is 26.7 Å². The highest BCUT2D eigenvalue weighted by Gasteiger charge is 2.32. The lowest BCUT2D eigenvalue weighted by atomic mass is 10.1. The molecular weight excluding hydrogens is 236 g/mol. The third-order valence-corrected chi connectivity index (χ3v) is 2.76. The summed E-state index contributed by atoms with van der Waals surface area (Å²) in [7, 11) is 1.87. The average Bonchev–Trinajstić information content (AvgIpc) is 2.26. The van der Waals surface area contributed by atoms with Gasteiger partial charge in [-0.15, -0.1) is 0 Å². The highest BCUT2D eigenvalue weighted by molar-refractivity contribution is 5.86. The molecule has 1 atom stereocenters. The second kappa shape index (κ2) is 5.43. The molecule has 1 rings (SSSR count). The number of amidine groups is 1. The molecule has 1 aliphatic heterocycles. The molecule has 1 saturated heterocycles. The van der Waals surface area contributed by atoms with Crippen molar-refractivity contribution in [3.8, 4) is 0 Å². The van der Waals surface area contributed by atoms with Gasteiger partial charge in [0.25, 0.3) is 0 Å². The number of hydrogen-bond donors (Lipinski definition) is 2. The minimum atomic E-state index is -0.521. The molecule has 0 aliphatic carbocycles. The standard InChI is InChI=1S/C11H22N4O3/c1-11(2,3)18-10(16)15-6-5-14(4)8(7-15)9(12)13-17/h8,17H,5-7H2,1-4H3,(H2,12,13). The third-order valence-electron chi connectivity index (χ3n) is 2.76. The number of nitrogens with zero attached hydrogens (tertiary/aromatic N) is 3. The number of likely N-dealkylation sites (N-methyl/N-ethyl adjacent to an activating group) is 1. The van der Waals surface area contributed by atoms with Crippen LogP contribution in [0.2, 0.25) is 0 Å². The van der Waals surface area contributed by atoms with E-state index in [4.69, 9.17) is 15.7 Å². The Kier molecular flexibility index (Phi) is 4.39. The van der Waals surface area contributed by atoms with Gasteiger partial charge in [0.1, 0.15) is 5.60 Å². The van der Waals surface area contributed by atoms with Gasteiger partial charge in [-0.05, 0) is 27.8 Å². The SMILES string of the molecule is CN1CCN(C(=O)OC(C)(C)C)CC1C(N)=NO. The number of oxime groups is 1.